The molecule has 0 aromatic carbocycles. The standard InChI is InChI=1S/C11H22N2O2.ClH/c1-7(12)9(14)13-8-6-11(4,15-5)10(8,2)3;/h7-8H,6,12H2,1-5H3,(H,13,14);1H/t7-,8?,11?;/m1./s1. The fourth-order valence-electron chi connectivity index (χ4n) is 2.03. The lowest BCUT2D eigenvalue weighted by atomic mass is 9.56. The minimum Gasteiger partial charge on any atom is -0.378 e. The van der Waals surface area contributed by atoms with Crippen LogP contribution in [-0.2, 0) is 9.53 Å². The van der Waals surface area contributed by atoms with Gasteiger partial charge >= 0.3 is 0 Å². The molecule has 0 aromatic rings. The summed E-state index contributed by atoms with van der Waals surface area (Å²) in [7, 11) is 1.71. The fraction of sp³-hybridized carbons (Fsp3) is 0.909. The summed E-state index contributed by atoms with van der Waals surface area (Å²) in [6.45, 7) is 7.97. The van der Waals surface area contributed by atoms with Crippen molar-refractivity contribution in [3.05, 3.63) is 0 Å². The number of amides is 1. The number of methoxy groups -OCH3 is 1. The molecule has 96 valence electrons. The third kappa shape index (κ3) is 2.34. The van der Waals surface area contributed by atoms with Gasteiger partial charge in [-0.1, -0.05) is 13.8 Å². The Labute approximate surface area is 104 Å². The number of rotatable bonds is 3. The van der Waals surface area contributed by atoms with Gasteiger partial charge in [-0.3, -0.25) is 4.79 Å². The number of carbonyl (C=O) groups is 1. The van der Waals surface area contributed by atoms with E-state index >= 15 is 0 Å². The molecule has 0 spiro atoms. The van der Waals surface area contributed by atoms with Crippen LogP contribution in [0, 0.1) is 5.41 Å². The number of hydrogen-bond donors (Lipinski definition) is 2. The lowest BCUT2D eigenvalue weighted by Gasteiger charge is -2.59. The molecule has 0 bridgehead atoms. The van der Waals surface area contributed by atoms with Gasteiger partial charge < -0.3 is 15.8 Å². The highest BCUT2D eigenvalue weighted by molar-refractivity contribution is 5.85. The topological polar surface area (TPSA) is 64.3 Å². The zero-order chi connectivity index (χ0) is 11.9. The normalized spacial score (nSPS) is 33.2. The lowest BCUT2D eigenvalue weighted by molar-refractivity contribution is -0.182. The van der Waals surface area contributed by atoms with Gasteiger partial charge in [0.05, 0.1) is 11.6 Å². The van der Waals surface area contributed by atoms with E-state index in [-0.39, 0.29) is 35.4 Å². The highest BCUT2D eigenvalue weighted by Gasteiger charge is 2.58. The van der Waals surface area contributed by atoms with Gasteiger partial charge in [0.2, 0.25) is 5.91 Å². The average molecular weight is 251 g/mol. The van der Waals surface area contributed by atoms with Crippen LogP contribution >= 0.6 is 12.4 Å². The minimum atomic E-state index is -0.449. The predicted octanol–water partition coefficient (Wildman–Crippen LogP) is 1.08. The van der Waals surface area contributed by atoms with Gasteiger partial charge in [-0.15, -0.1) is 12.4 Å². The Hall–Kier alpha value is -0.320. The Balaban J connectivity index is 0.00000225. The van der Waals surface area contributed by atoms with Crippen LogP contribution in [0.1, 0.15) is 34.1 Å². The summed E-state index contributed by atoms with van der Waals surface area (Å²) in [5, 5.41) is 2.95. The van der Waals surface area contributed by atoms with Crippen molar-refractivity contribution in [1.29, 1.82) is 0 Å². The molecule has 3 N–H and O–H groups in total. The van der Waals surface area contributed by atoms with Crippen molar-refractivity contribution >= 4 is 18.3 Å². The van der Waals surface area contributed by atoms with Crippen LogP contribution in [0.25, 0.3) is 0 Å². The molecule has 0 saturated heterocycles. The van der Waals surface area contributed by atoms with Crippen LogP contribution in [0.4, 0.5) is 0 Å². The quantitative estimate of drug-likeness (QED) is 0.788. The van der Waals surface area contributed by atoms with Crippen molar-refractivity contribution in [3.63, 3.8) is 0 Å². The van der Waals surface area contributed by atoms with E-state index in [4.69, 9.17) is 10.5 Å². The van der Waals surface area contributed by atoms with E-state index in [1.54, 1.807) is 14.0 Å². The molecule has 1 amide bonds. The molecular formula is C11H23ClN2O2. The van der Waals surface area contributed by atoms with Gasteiger partial charge in [0.15, 0.2) is 0 Å². The van der Waals surface area contributed by atoms with E-state index in [0.29, 0.717) is 0 Å². The summed E-state index contributed by atoms with van der Waals surface area (Å²) in [6, 6.07) is -0.295. The van der Waals surface area contributed by atoms with Crippen LogP contribution in [0.5, 0.6) is 0 Å². The first-order valence-corrected chi connectivity index (χ1v) is 5.36. The fourth-order valence-corrected chi connectivity index (χ4v) is 2.03. The van der Waals surface area contributed by atoms with Gasteiger partial charge in [0.1, 0.15) is 0 Å². The van der Waals surface area contributed by atoms with E-state index in [0.717, 1.165) is 6.42 Å². The predicted molar refractivity (Wildman–Crippen MR) is 66.6 cm³/mol. The molecule has 0 aromatic heterocycles. The van der Waals surface area contributed by atoms with Crippen LogP contribution in [0.3, 0.4) is 0 Å². The molecule has 5 heteroatoms. The third-order valence-corrected chi connectivity index (χ3v) is 4.01. The second-order valence-electron chi connectivity index (χ2n) is 5.21. The number of nitrogens with one attached hydrogen (secondary N) is 1. The Morgan fingerprint density at radius 1 is 1.50 bits per heavy atom. The van der Waals surface area contributed by atoms with Gasteiger partial charge in [0.25, 0.3) is 0 Å². The Morgan fingerprint density at radius 3 is 2.31 bits per heavy atom. The highest BCUT2D eigenvalue weighted by atomic mass is 35.5. The maximum Gasteiger partial charge on any atom is 0.236 e. The number of hydrogen-bond acceptors (Lipinski definition) is 3. The molecular weight excluding hydrogens is 228 g/mol. The molecule has 1 aliphatic rings. The molecule has 2 unspecified atom stereocenters. The molecule has 1 fully saturated rings. The minimum absolute atomic E-state index is 0. The van der Waals surface area contributed by atoms with E-state index in [1.165, 1.54) is 0 Å². The first-order chi connectivity index (χ1) is 6.74. The van der Waals surface area contributed by atoms with Crippen LogP contribution in [0.2, 0.25) is 0 Å². The molecule has 4 nitrogen and oxygen atoms in total. The van der Waals surface area contributed by atoms with Crippen molar-refractivity contribution < 1.29 is 9.53 Å². The summed E-state index contributed by atoms with van der Waals surface area (Å²) in [5.74, 6) is -0.0915. The first kappa shape index (κ1) is 15.7. The molecule has 1 aliphatic carbocycles. The van der Waals surface area contributed by atoms with E-state index in [9.17, 15) is 4.79 Å². The van der Waals surface area contributed by atoms with E-state index < -0.39 is 6.04 Å². The highest BCUT2D eigenvalue weighted by Crippen LogP contribution is 2.51. The maximum absolute atomic E-state index is 11.5. The van der Waals surface area contributed by atoms with E-state index in [1.807, 2.05) is 0 Å². The third-order valence-electron chi connectivity index (χ3n) is 4.01. The summed E-state index contributed by atoms with van der Waals surface area (Å²) in [6.07, 6.45) is 0.842. The molecule has 16 heavy (non-hydrogen) atoms. The Morgan fingerprint density at radius 2 is 2.00 bits per heavy atom. The second-order valence-corrected chi connectivity index (χ2v) is 5.21. The Bertz CT molecular complexity index is 269. The number of halogens is 1. The number of carbonyl (C=O) groups excluding carboxylic acids is 1. The molecule has 0 heterocycles. The van der Waals surface area contributed by atoms with Crippen LogP contribution < -0.4 is 11.1 Å². The van der Waals surface area contributed by atoms with Crippen molar-refractivity contribution in [2.75, 3.05) is 7.11 Å². The molecule has 1 rings (SSSR count). The van der Waals surface area contributed by atoms with E-state index in [2.05, 4.69) is 26.1 Å². The second kappa shape index (κ2) is 4.90. The largest absolute Gasteiger partial charge is 0.378 e. The Kier molecular flexibility index (Phi) is 4.80. The molecule has 3 atom stereocenters. The van der Waals surface area contributed by atoms with Crippen LogP contribution in [0.15, 0.2) is 0 Å². The molecule has 1 saturated carbocycles. The monoisotopic (exact) mass is 250 g/mol. The first-order valence-electron chi connectivity index (χ1n) is 5.36. The van der Waals surface area contributed by atoms with Gasteiger partial charge in [-0.05, 0) is 20.3 Å². The van der Waals surface area contributed by atoms with Crippen molar-refractivity contribution in [2.24, 2.45) is 11.1 Å². The van der Waals surface area contributed by atoms with Gasteiger partial charge in [-0.2, -0.15) is 0 Å². The van der Waals surface area contributed by atoms with Gasteiger partial charge in [-0.25, -0.2) is 0 Å². The number of ether oxygens (including phenoxy) is 1. The van der Waals surface area contributed by atoms with Crippen molar-refractivity contribution in [2.45, 2.75) is 51.8 Å². The lowest BCUT2D eigenvalue weighted by Crippen LogP contribution is -2.69. The van der Waals surface area contributed by atoms with Crippen LogP contribution in [-0.4, -0.2) is 30.7 Å². The molecule has 0 aliphatic heterocycles. The summed E-state index contributed by atoms with van der Waals surface area (Å²) in [5.41, 5.74) is 5.31. The zero-order valence-electron chi connectivity index (χ0n) is 10.7. The summed E-state index contributed by atoms with van der Waals surface area (Å²) < 4.78 is 5.48. The number of nitrogens with two attached hydrogens (primary N) is 1. The smallest absolute Gasteiger partial charge is 0.236 e. The van der Waals surface area contributed by atoms with Gasteiger partial charge in [0, 0.05) is 18.6 Å². The summed E-state index contributed by atoms with van der Waals surface area (Å²) in [4.78, 5) is 11.5. The SMILES string of the molecule is COC1(C)CC(NC(=O)[C@@H](C)N)C1(C)C.Cl. The zero-order valence-corrected chi connectivity index (χ0v) is 11.5. The average Bonchev–Trinajstić information content (AvgIpc) is 2.16. The van der Waals surface area contributed by atoms with Crippen molar-refractivity contribution in [1.82, 2.24) is 5.32 Å². The van der Waals surface area contributed by atoms with Crippen molar-refractivity contribution in [3.8, 4) is 0 Å². The maximum atomic E-state index is 11.5. The molecule has 0 radical (unpaired) electrons. The summed E-state index contributed by atoms with van der Waals surface area (Å²) >= 11 is 0.